The number of aromatic nitrogens is 2. The van der Waals surface area contributed by atoms with Crippen molar-refractivity contribution in [2.24, 2.45) is 0 Å². The van der Waals surface area contributed by atoms with E-state index in [0.29, 0.717) is 0 Å². The van der Waals surface area contributed by atoms with Crippen molar-refractivity contribution in [3.05, 3.63) is 16.9 Å². The number of rotatable bonds is 8. The third kappa shape index (κ3) is 4.21. The van der Waals surface area contributed by atoms with E-state index in [2.05, 4.69) is 47.9 Å². The first-order valence-corrected chi connectivity index (χ1v) is 7.88. The molecule has 20 heavy (non-hydrogen) atoms. The Morgan fingerprint density at radius 3 is 2.75 bits per heavy atom. The van der Waals surface area contributed by atoms with E-state index in [1.807, 2.05) is 0 Å². The van der Waals surface area contributed by atoms with E-state index in [9.17, 15) is 0 Å². The van der Waals surface area contributed by atoms with Crippen LogP contribution in [0.15, 0.2) is 6.20 Å². The van der Waals surface area contributed by atoms with Crippen LogP contribution in [0.1, 0.15) is 38.8 Å². The van der Waals surface area contributed by atoms with Crippen LogP contribution in [0.5, 0.6) is 0 Å². The summed E-state index contributed by atoms with van der Waals surface area (Å²) in [5, 5.41) is 8.82. The second kappa shape index (κ2) is 6.46. The summed E-state index contributed by atoms with van der Waals surface area (Å²) < 4.78 is 2.07. The number of hydrogen-bond acceptors (Lipinski definition) is 3. The minimum Gasteiger partial charge on any atom is -0.314 e. The molecule has 1 aromatic heterocycles. The third-order valence-electron chi connectivity index (χ3n) is 3.96. The highest BCUT2D eigenvalue weighted by Gasteiger charge is 2.29. The summed E-state index contributed by atoms with van der Waals surface area (Å²) in [7, 11) is 4.16. The molecule has 114 valence electrons. The molecule has 0 saturated heterocycles. The summed E-state index contributed by atoms with van der Waals surface area (Å²) in [5.74, 6) is 0. The number of nitrogens with one attached hydrogen (secondary N) is 1. The SMILES string of the molecule is CN(C)CCn1ncc(Cl)c1C(C)(C)CCNC1CC1. The van der Waals surface area contributed by atoms with E-state index in [1.54, 1.807) is 6.20 Å². The zero-order chi connectivity index (χ0) is 14.8. The Labute approximate surface area is 127 Å². The lowest BCUT2D eigenvalue weighted by Crippen LogP contribution is -2.30. The average molecular weight is 299 g/mol. The van der Waals surface area contributed by atoms with Crippen LogP contribution >= 0.6 is 11.6 Å². The highest BCUT2D eigenvalue weighted by Crippen LogP contribution is 2.32. The van der Waals surface area contributed by atoms with Gasteiger partial charge in [-0.3, -0.25) is 4.68 Å². The molecule has 0 spiro atoms. The lowest BCUT2D eigenvalue weighted by molar-refractivity contribution is 0.350. The Morgan fingerprint density at radius 1 is 1.45 bits per heavy atom. The van der Waals surface area contributed by atoms with Crippen LogP contribution in [0.25, 0.3) is 0 Å². The number of likely N-dealkylation sites (N-methyl/N-ethyl adjacent to an activating group) is 1. The molecule has 1 N–H and O–H groups in total. The van der Waals surface area contributed by atoms with Crippen molar-refractivity contribution in [1.82, 2.24) is 20.0 Å². The first-order valence-electron chi connectivity index (χ1n) is 7.50. The zero-order valence-electron chi connectivity index (χ0n) is 13.1. The first kappa shape index (κ1) is 15.8. The van der Waals surface area contributed by atoms with Gasteiger partial charge in [0.2, 0.25) is 0 Å². The summed E-state index contributed by atoms with van der Waals surface area (Å²) in [6.45, 7) is 7.43. The normalized spacial score (nSPS) is 16.1. The maximum absolute atomic E-state index is 6.38. The monoisotopic (exact) mass is 298 g/mol. The van der Waals surface area contributed by atoms with Crippen molar-refractivity contribution in [2.75, 3.05) is 27.2 Å². The van der Waals surface area contributed by atoms with Crippen molar-refractivity contribution >= 4 is 11.6 Å². The number of nitrogens with zero attached hydrogens (tertiary/aromatic N) is 3. The first-order chi connectivity index (χ1) is 9.40. The molecule has 0 bridgehead atoms. The maximum Gasteiger partial charge on any atom is 0.0823 e. The molecule has 0 aromatic carbocycles. The Morgan fingerprint density at radius 2 is 2.15 bits per heavy atom. The van der Waals surface area contributed by atoms with Gasteiger partial charge in [0.05, 0.1) is 23.5 Å². The molecule has 1 aromatic rings. The molecule has 2 rings (SSSR count). The Kier molecular flexibility index (Phi) is 5.10. The molecular weight excluding hydrogens is 272 g/mol. The summed E-state index contributed by atoms with van der Waals surface area (Å²) in [6, 6.07) is 0.764. The van der Waals surface area contributed by atoms with Gasteiger partial charge in [-0.05, 0) is 39.9 Å². The van der Waals surface area contributed by atoms with Gasteiger partial charge in [0.25, 0.3) is 0 Å². The molecule has 0 radical (unpaired) electrons. The van der Waals surface area contributed by atoms with Crippen LogP contribution in [0, 0.1) is 0 Å². The van der Waals surface area contributed by atoms with Crippen molar-refractivity contribution < 1.29 is 0 Å². The third-order valence-corrected chi connectivity index (χ3v) is 4.23. The van der Waals surface area contributed by atoms with Crippen LogP contribution in [-0.4, -0.2) is 47.9 Å². The van der Waals surface area contributed by atoms with Crippen LogP contribution in [0.4, 0.5) is 0 Å². The van der Waals surface area contributed by atoms with Crippen molar-refractivity contribution in [3.63, 3.8) is 0 Å². The van der Waals surface area contributed by atoms with E-state index in [1.165, 1.54) is 18.5 Å². The van der Waals surface area contributed by atoms with Gasteiger partial charge >= 0.3 is 0 Å². The molecule has 1 aliphatic carbocycles. The molecule has 1 saturated carbocycles. The van der Waals surface area contributed by atoms with E-state index in [-0.39, 0.29) is 5.41 Å². The van der Waals surface area contributed by atoms with Crippen molar-refractivity contribution in [1.29, 1.82) is 0 Å². The second-order valence-corrected chi connectivity index (χ2v) is 7.14. The molecule has 4 nitrogen and oxygen atoms in total. The lowest BCUT2D eigenvalue weighted by Gasteiger charge is -2.27. The van der Waals surface area contributed by atoms with Crippen LogP contribution in [0.3, 0.4) is 0 Å². The molecule has 1 heterocycles. The quantitative estimate of drug-likeness (QED) is 0.800. The van der Waals surface area contributed by atoms with Gasteiger partial charge in [-0.25, -0.2) is 0 Å². The zero-order valence-corrected chi connectivity index (χ0v) is 13.9. The maximum atomic E-state index is 6.38. The minimum atomic E-state index is 0.0434. The Bertz CT molecular complexity index is 435. The molecule has 5 heteroatoms. The number of hydrogen-bond donors (Lipinski definition) is 1. The van der Waals surface area contributed by atoms with Crippen molar-refractivity contribution in [3.8, 4) is 0 Å². The van der Waals surface area contributed by atoms with Gasteiger partial charge in [0.15, 0.2) is 0 Å². The molecule has 0 amide bonds. The fourth-order valence-corrected chi connectivity index (χ4v) is 2.89. The largest absolute Gasteiger partial charge is 0.314 e. The standard InChI is InChI=1S/C15H27ClN4/c1-15(2,7-8-17-12-5-6-12)14-13(16)11-18-20(14)10-9-19(3)4/h11-12,17H,5-10H2,1-4H3. The van der Waals surface area contributed by atoms with Gasteiger partial charge in [-0.2, -0.15) is 5.10 Å². The molecule has 1 fully saturated rings. The highest BCUT2D eigenvalue weighted by atomic mass is 35.5. The summed E-state index contributed by atoms with van der Waals surface area (Å²) in [6.07, 6.45) is 5.53. The number of halogens is 1. The summed E-state index contributed by atoms with van der Waals surface area (Å²) in [4.78, 5) is 2.17. The van der Waals surface area contributed by atoms with E-state index < -0.39 is 0 Å². The second-order valence-electron chi connectivity index (χ2n) is 6.73. The highest BCUT2D eigenvalue weighted by molar-refractivity contribution is 6.31. The topological polar surface area (TPSA) is 33.1 Å². The van der Waals surface area contributed by atoms with Crippen LogP contribution < -0.4 is 5.32 Å². The van der Waals surface area contributed by atoms with Crippen molar-refractivity contribution in [2.45, 2.75) is 51.1 Å². The van der Waals surface area contributed by atoms with Crippen LogP contribution in [0.2, 0.25) is 5.02 Å². The van der Waals surface area contributed by atoms with Gasteiger partial charge < -0.3 is 10.2 Å². The Hall–Kier alpha value is -0.580. The van der Waals surface area contributed by atoms with E-state index in [4.69, 9.17) is 11.6 Å². The fourth-order valence-electron chi connectivity index (χ4n) is 2.49. The molecule has 0 unspecified atom stereocenters. The minimum absolute atomic E-state index is 0.0434. The molecular formula is C15H27ClN4. The summed E-state index contributed by atoms with van der Waals surface area (Å²) >= 11 is 6.38. The smallest absolute Gasteiger partial charge is 0.0823 e. The van der Waals surface area contributed by atoms with Gasteiger partial charge in [-0.15, -0.1) is 0 Å². The Balaban J connectivity index is 2.01. The average Bonchev–Trinajstić information content (AvgIpc) is 3.08. The fraction of sp³-hybridized carbons (Fsp3) is 0.800. The predicted molar refractivity (Wildman–Crippen MR) is 84.5 cm³/mol. The molecule has 0 aliphatic heterocycles. The molecule has 0 atom stereocenters. The van der Waals surface area contributed by atoms with Gasteiger partial charge in [0.1, 0.15) is 0 Å². The lowest BCUT2D eigenvalue weighted by atomic mass is 9.85. The van der Waals surface area contributed by atoms with Gasteiger partial charge in [-0.1, -0.05) is 25.4 Å². The van der Waals surface area contributed by atoms with E-state index in [0.717, 1.165) is 37.1 Å². The molecule has 1 aliphatic rings. The van der Waals surface area contributed by atoms with Crippen LogP contribution in [-0.2, 0) is 12.0 Å². The predicted octanol–water partition coefficient (Wildman–Crippen LogP) is 2.52. The van der Waals surface area contributed by atoms with E-state index >= 15 is 0 Å². The van der Waals surface area contributed by atoms with Gasteiger partial charge in [0, 0.05) is 18.0 Å². The summed E-state index contributed by atoms with van der Waals surface area (Å²) in [5.41, 5.74) is 1.21.